The van der Waals surface area contributed by atoms with Gasteiger partial charge in [-0.3, -0.25) is 0 Å². The van der Waals surface area contributed by atoms with Crippen molar-refractivity contribution in [3.05, 3.63) is 48.3 Å². The highest BCUT2D eigenvalue weighted by Crippen LogP contribution is 2.13. The first-order chi connectivity index (χ1) is 7.81. The Bertz CT molecular complexity index is 511. The van der Waals surface area contributed by atoms with Crippen molar-refractivity contribution in [3.8, 4) is 5.40 Å². The average Bonchev–Trinajstić information content (AvgIpc) is 2.64. The molecule has 0 N–H and O–H groups in total. The zero-order valence-corrected chi connectivity index (χ0v) is 9.81. The van der Waals surface area contributed by atoms with Crippen LogP contribution in [0.2, 0.25) is 0 Å². The van der Waals surface area contributed by atoms with Crippen molar-refractivity contribution in [1.29, 1.82) is 5.26 Å². The topological polar surface area (TPSA) is 32.6 Å². The number of nitriles is 1. The molecule has 0 spiro atoms. The van der Waals surface area contributed by atoms with Crippen LogP contribution in [-0.2, 0) is 13.6 Å². The van der Waals surface area contributed by atoms with Crippen molar-refractivity contribution < 1.29 is 4.57 Å². The second-order valence-corrected chi connectivity index (χ2v) is 4.25. The quantitative estimate of drug-likeness (QED) is 0.458. The Labute approximate surface area is 98.9 Å². The zero-order chi connectivity index (χ0) is 11.4. The van der Waals surface area contributed by atoms with Gasteiger partial charge in [-0.1, -0.05) is 30.3 Å². The lowest BCUT2D eigenvalue weighted by Crippen LogP contribution is -2.28. The summed E-state index contributed by atoms with van der Waals surface area (Å²) in [5, 5.41) is 11.8. The van der Waals surface area contributed by atoms with E-state index in [0.29, 0.717) is 0 Å². The molecule has 0 aliphatic carbocycles. The van der Waals surface area contributed by atoms with Gasteiger partial charge >= 0.3 is 5.16 Å². The first-order valence-corrected chi connectivity index (χ1v) is 5.77. The predicted molar refractivity (Wildman–Crippen MR) is 62.6 cm³/mol. The molecular formula is C12H12N3S+. The van der Waals surface area contributed by atoms with Gasteiger partial charge in [-0.05, 0) is 5.56 Å². The summed E-state index contributed by atoms with van der Waals surface area (Å²) in [6.45, 7) is 0.797. The maximum absolute atomic E-state index is 8.74. The van der Waals surface area contributed by atoms with Crippen molar-refractivity contribution in [2.75, 3.05) is 0 Å². The lowest BCUT2D eigenvalue weighted by Gasteiger charge is -1.99. The van der Waals surface area contributed by atoms with Gasteiger partial charge in [-0.2, -0.15) is 5.26 Å². The molecule has 0 atom stereocenters. The number of rotatable bonds is 3. The fourth-order valence-electron chi connectivity index (χ4n) is 1.58. The summed E-state index contributed by atoms with van der Waals surface area (Å²) in [6, 6.07) is 10.2. The predicted octanol–water partition coefficient (Wildman–Crippen LogP) is 1.93. The summed E-state index contributed by atoms with van der Waals surface area (Å²) in [5.74, 6) is 0. The van der Waals surface area contributed by atoms with Crippen LogP contribution in [0, 0.1) is 10.7 Å². The van der Waals surface area contributed by atoms with Gasteiger partial charge in [-0.15, -0.1) is 0 Å². The van der Waals surface area contributed by atoms with Crippen molar-refractivity contribution in [3.63, 3.8) is 0 Å². The molecule has 0 saturated heterocycles. The normalized spacial score (nSPS) is 10.0. The molecule has 3 nitrogen and oxygen atoms in total. The van der Waals surface area contributed by atoms with Crippen LogP contribution < -0.4 is 4.57 Å². The van der Waals surface area contributed by atoms with E-state index in [1.807, 2.05) is 42.2 Å². The molecular weight excluding hydrogens is 218 g/mol. The fourth-order valence-corrected chi connectivity index (χ4v) is 2.11. The minimum absolute atomic E-state index is 0.797. The molecule has 2 rings (SSSR count). The average molecular weight is 230 g/mol. The van der Waals surface area contributed by atoms with Crippen LogP contribution in [0.5, 0.6) is 0 Å². The molecule has 80 valence electrons. The first-order valence-electron chi connectivity index (χ1n) is 4.96. The van der Waals surface area contributed by atoms with Crippen LogP contribution in [0.1, 0.15) is 5.56 Å². The number of thiocyanates is 1. The van der Waals surface area contributed by atoms with E-state index in [-0.39, 0.29) is 0 Å². The first kappa shape index (κ1) is 10.8. The maximum Gasteiger partial charge on any atom is 0.332 e. The fraction of sp³-hybridized carbons (Fsp3) is 0.167. The van der Waals surface area contributed by atoms with Gasteiger partial charge in [0.25, 0.3) is 0 Å². The van der Waals surface area contributed by atoms with E-state index in [1.165, 1.54) is 17.3 Å². The number of aromatic nitrogens is 2. The molecule has 0 fully saturated rings. The number of thioether (sulfide) groups is 1. The molecule has 0 saturated carbocycles. The number of benzene rings is 1. The largest absolute Gasteiger partial charge is 0.332 e. The third kappa shape index (κ3) is 2.26. The van der Waals surface area contributed by atoms with E-state index >= 15 is 0 Å². The van der Waals surface area contributed by atoms with Crippen molar-refractivity contribution in [2.45, 2.75) is 11.7 Å². The van der Waals surface area contributed by atoms with Gasteiger partial charge < -0.3 is 0 Å². The van der Waals surface area contributed by atoms with Gasteiger partial charge in [0.15, 0.2) is 0 Å². The summed E-state index contributed by atoms with van der Waals surface area (Å²) in [7, 11) is 1.95. The summed E-state index contributed by atoms with van der Waals surface area (Å²) >= 11 is 1.19. The molecule has 1 heterocycles. The van der Waals surface area contributed by atoms with Gasteiger partial charge in [0.2, 0.25) is 0 Å². The molecule has 0 bridgehead atoms. The molecule has 16 heavy (non-hydrogen) atoms. The second kappa shape index (κ2) is 4.86. The number of imidazole rings is 1. The lowest BCUT2D eigenvalue weighted by molar-refractivity contribution is -0.709. The van der Waals surface area contributed by atoms with E-state index in [1.54, 1.807) is 0 Å². The Morgan fingerprint density at radius 3 is 2.81 bits per heavy atom. The highest BCUT2D eigenvalue weighted by Gasteiger charge is 2.15. The summed E-state index contributed by atoms with van der Waals surface area (Å²) in [5.41, 5.74) is 1.23. The molecule has 2 aromatic rings. The monoisotopic (exact) mass is 230 g/mol. The number of nitrogens with zero attached hydrogens (tertiary/aromatic N) is 3. The van der Waals surface area contributed by atoms with Crippen molar-refractivity contribution in [2.24, 2.45) is 7.05 Å². The summed E-state index contributed by atoms with van der Waals surface area (Å²) in [6.07, 6.45) is 3.95. The van der Waals surface area contributed by atoms with E-state index in [2.05, 4.69) is 22.1 Å². The highest BCUT2D eigenvalue weighted by molar-refractivity contribution is 8.03. The summed E-state index contributed by atoms with van der Waals surface area (Å²) < 4.78 is 4.03. The number of aryl methyl sites for hydroxylation is 1. The van der Waals surface area contributed by atoms with Crippen LogP contribution in [0.15, 0.2) is 47.9 Å². The van der Waals surface area contributed by atoms with Crippen LogP contribution in [0.25, 0.3) is 0 Å². The molecule has 0 aliphatic heterocycles. The molecule has 0 radical (unpaired) electrons. The molecule has 0 amide bonds. The molecule has 4 heteroatoms. The van der Waals surface area contributed by atoms with E-state index in [4.69, 9.17) is 5.26 Å². The van der Waals surface area contributed by atoms with Crippen LogP contribution >= 0.6 is 11.8 Å². The van der Waals surface area contributed by atoms with E-state index < -0.39 is 0 Å². The standard InChI is InChI=1S/C12H12N3S/c1-14-7-8-15(12(14)16-10-13)9-11-5-3-2-4-6-11/h2-8H,9H2,1H3/q+1. The Morgan fingerprint density at radius 1 is 1.38 bits per heavy atom. The van der Waals surface area contributed by atoms with Gasteiger partial charge in [0.1, 0.15) is 24.3 Å². The lowest BCUT2D eigenvalue weighted by atomic mass is 10.2. The van der Waals surface area contributed by atoms with Gasteiger partial charge in [0, 0.05) is 0 Å². The third-order valence-electron chi connectivity index (χ3n) is 2.35. The molecule has 0 unspecified atom stereocenters. The van der Waals surface area contributed by atoms with E-state index in [9.17, 15) is 0 Å². The van der Waals surface area contributed by atoms with E-state index in [0.717, 1.165) is 11.7 Å². The Kier molecular flexibility index (Phi) is 3.28. The molecule has 0 aliphatic rings. The molecule has 1 aromatic heterocycles. The van der Waals surface area contributed by atoms with Crippen LogP contribution in [0.4, 0.5) is 0 Å². The van der Waals surface area contributed by atoms with Gasteiger partial charge in [-0.25, -0.2) is 9.13 Å². The third-order valence-corrected chi connectivity index (χ3v) is 3.15. The summed E-state index contributed by atoms with van der Waals surface area (Å²) in [4.78, 5) is 0. The zero-order valence-electron chi connectivity index (χ0n) is 9.00. The Balaban J connectivity index is 2.26. The van der Waals surface area contributed by atoms with Crippen molar-refractivity contribution >= 4 is 11.8 Å². The SMILES string of the molecule is C[n+]1ccn(Cc2ccccc2)c1SC#N. The smallest absolute Gasteiger partial charge is 0.226 e. The number of hydrogen-bond donors (Lipinski definition) is 0. The Morgan fingerprint density at radius 2 is 2.12 bits per heavy atom. The maximum atomic E-state index is 8.74. The molecule has 1 aromatic carbocycles. The van der Waals surface area contributed by atoms with Crippen LogP contribution in [0.3, 0.4) is 0 Å². The second-order valence-electron chi connectivity index (χ2n) is 3.50. The Hall–Kier alpha value is -1.73. The minimum Gasteiger partial charge on any atom is -0.226 e. The minimum atomic E-state index is 0.797. The van der Waals surface area contributed by atoms with Crippen molar-refractivity contribution in [1.82, 2.24) is 4.57 Å². The van der Waals surface area contributed by atoms with Crippen LogP contribution in [-0.4, -0.2) is 4.57 Å². The van der Waals surface area contributed by atoms with Gasteiger partial charge in [0.05, 0.1) is 18.8 Å². The highest BCUT2D eigenvalue weighted by atomic mass is 32.2. The number of hydrogen-bond acceptors (Lipinski definition) is 2.